The van der Waals surface area contributed by atoms with Crippen molar-refractivity contribution in [3.8, 4) is 0 Å². The fraction of sp³-hybridized carbons (Fsp3) is 0.929. The Bertz CT molecular complexity index is 193. The lowest BCUT2D eigenvalue weighted by Gasteiger charge is -2.15. The summed E-state index contributed by atoms with van der Waals surface area (Å²) in [5.41, 5.74) is 5.74. The largest absolute Gasteiger partial charge is 0.355 e. The summed E-state index contributed by atoms with van der Waals surface area (Å²) < 4.78 is 0. The van der Waals surface area contributed by atoms with Gasteiger partial charge >= 0.3 is 0 Å². The summed E-state index contributed by atoms with van der Waals surface area (Å²) in [6.07, 6.45) is 8.88. The lowest BCUT2D eigenvalue weighted by Crippen LogP contribution is -2.44. The Labute approximate surface area is 107 Å². The van der Waals surface area contributed by atoms with Crippen molar-refractivity contribution in [3.05, 3.63) is 0 Å². The van der Waals surface area contributed by atoms with E-state index in [0.717, 1.165) is 13.0 Å². The summed E-state index contributed by atoms with van der Waals surface area (Å²) in [6, 6.07) is -0.362. The van der Waals surface area contributed by atoms with Crippen molar-refractivity contribution >= 4 is 5.91 Å². The van der Waals surface area contributed by atoms with E-state index >= 15 is 0 Å². The molecule has 3 heteroatoms. The molecule has 17 heavy (non-hydrogen) atoms. The van der Waals surface area contributed by atoms with Crippen LogP contribution in [0.1, 0.15) is 65.7 Å². The summed E-state index contributed by atoms with van der Waals surface area (Å²) in [7, 11) is 0. The van der Waals surface area contributed by atoms with Crippen LogP contribution in [-0.4, -0.2) is 18.5 Å². The SMILES string of the molecule is CCCCCCCCCNC(=O)[C@H](N)C(C)C. The maximum atomic E-state index is 11.5. The molecule has 0 aromatic heterocycles. The van der Waals surface area contributed by atoms with Gasteiger partial charge in [0.2, 0.25) is 5.91 Å². The number of nitrogens with two attached hydrogens (primary N) is 1. The van der Waals surface area contributed by atoms with E-state index in [9.17, 15) is 4.79 Å². The second-order valence-corrected chi connectivity index (χ2v) is 5.18. The molecular weight excluding hydrogens is 212 g/mol. The highest BCUT2D eigenvalue weighted by molar-refractivity contribution is 5.81. The molecule has 0 heterocycles. The highest BCUT2D eigenvalue weighted by Crippen LogP contribution is 2.06. The van der Waals surface area contributed by atoms with Crippen molar-refractivity contribution in [1.82, 2.24) is 5.32 Å². The van der Waals surface area contributed by atoms with Crippen LogP contribution in [0.25, 0.3) is 0 Å². The minimum Gasteiger partial charge on any atom is -0.355 e. The zero-order valence-corrected chi connectivity index (χ0v) is 11.8. The molecule has 0 unspecified atom stereocenters. The standard InChI is InChI=1S/C14H30N2O/c1-4-5-6-7-8-9-10-11-16-14(17)13(15)12(2)3/h12-13H,4-11,15H2,1-3H3,(H,16,17)/t13-/m1/s1. The Morgan fingerprint density at radius 2 is 1.59 bits per heavy atom. The normalized spacial score (nSPS) is 12.8. The average Bonchev–Trinajstić information content (AvgIpc) is 2.31. The van der Waals surface area contributed by atoms with Crippen molar-refractivity contribution in [2.75, 3.05) is 6.54 Å². The van der Waals surface area contributed by atoms with Crippen LogP contribution in [0.2, 0.25) is 0 Å². The summed E-state index contributed by atoms with van der Waals surface area (Å²) in [6.45, 7) is 6.94. The Kier molecular flexibility index (Phi) is 10.2. The van der Waals surface area contributed by atoms with Crippen LogP contribution in [0, 0.1) is 5.92 Å². The van der Waals surface area contributed by atoms with Crippen LogP contribution >= 0.6 is 0 Å². The van der Waals surface area contributed by atoms with Gasteiger partial charge in [-0.25, -0.2) is 0 Å². The van der Waals surface area contributed by atoms with E-state index < -0.39 is 0 Å². The van der Waals surface area contributed by atoms with Crippen LogP contribution in [0.15, 0.2) is 0 Å². The molecule has 0 aromatic carbocycles. The predicted octanol–water partition coefficient (Wildman–Crippen LogP) is 2.84. The van der Waals surface area contributed by atoms with E-state index in [4.69, 9.17) is 5.73 Å². The number of carbonyl (C=O) groups is 1. The first-order chi connectivity index (χ1) is 8.09. The first-order valence-corrected chi connectivity index (χ1v) is 7.12. The van der Waals surface area contributed by atoms with Crippen LogP contribution < -0.4 is 11.1 Å². The maximum Gasteiger partial charge on any atom is 0.237 e. The third-order valence-electron chi connectivity index (χ3n) is 3.10. The molecule has 0 saturated carbocycles. The van der Waals surface area contributed by atoms with E-state index in [-0.39, 0.29) is 17.9 Å². The summed E-state index contributed by atoms with van der Waals surface area (Å²) >= 11 is 0. The van der Waals surface area contributed by atoms with Gasteiger partial charge in [-0.2, -0.15) is 0 Å². The first-order valence-electron chi connectivity index (χ1n) is 7.12. The fourth-order valence-corrected chi connectivity index (χ4v) is 1.71. The first kappa shape index (κ1) is 16.4. The van der Waals surface area contributed by atoms with Gasteiger partial charge < -0.3 is 11.1 Å². The second-order valence-electron chi connectivity index (χ2n) is 5.18. The summed E-state index contributed by atoms with van der Waals surface area (Å²) in [5.74, 6) is 0.204. The minimum absolute atomic E-state index is 0.00835. The summed E-state index contributed by atoms with van der Waals surface area (Å²) in [5, 5.41) is 2.90. The Morgan fingerprint density at radius 1 is 1.06 bits per heavy atom. The van der Waals surface area contributed by atoms with E-state index in [1.54, 1.807) is 0 Å². The molecule has 0 aliphatic heterocycles. The van der Waals surface area contributed by atoms with Crippen LogP contribution in [0.4, 0.5) is 0 Å². The van der Waals surface area contributed by atoms with Crippen molar-refractivity contribution in [2.24, 2.45) is 11.7 Å². The molecule has 0 spiro atoms. The van der Waals surface area contributed by atoms with Crippen LogP contribution in [-0.2, 0) is 4.79 Å². The zero-order valence-electron chi connectivity index (χ0n) is 11.8. The van der Waals surface area contributed by atoms with Gasteiger partial charge in [-0.3, -0.25) is 4.79 Å². The third-order valence-corrected chi connectivity index (χ3v) is 3.10. The van der Waals surface area contributed by atoms with E-state index in [0.29, 0.717) is 0 Å². The van der Waals surface area contributed by atoms with Gasteiger partial charge in [-0.1, -0.05) is 59.3 Å². The van der Waals surface area contributed by atoms with Gasteiger partial charge in [0.15, 0.2) is 0 Å². The van der Waals surface area contributed by atoms with Gasteiger partial charge in [0, 0.05) is 6.54 Å². The molecule has 0 fully saturated rings. The Morgan fingerprint density at radius 3 is 2.12 bits per heavy atom. The second kappa shape index (κ2) is 10.6. The molecule has 102 valence electrons. The quantitative estimate of drug-likeness (QED) is 0.579. The van der Waals surface area contributed by atoms with Gasteiger partial charge in [0.1, 0.15) is 0 Å². The van der Waals surface area contributed by atoms with Crippen molar-refractivity contribution in [1.29, 1.82) is 0 Å². The number of carbonyl (C=O) groups excluding carboxylic acids is 1. The third kappa shape index (κ3) is 9.16. The monoisotopic (exact) mass is 242 g/mol. The van der Waals surface area contributed by atoms with Crippen LogP contribution in [0.5, 0.6) is 0 Å². The number of rotatable bonds is 10. The molecule has 3 nitrogen and oxygen atoms in total. The van der Waals surface area contributed by atoms with E-state index in [1.165, 1.54) is 38.5 Å². The predicted molar refractivity (Wildman–Crippen MR) is 73.8 cm³/mol. The molecule has 0 bridgehead atoms. The smallest absolute Gasteiger partial charge is 0.237 e. The molecule has 0 saturated heterocycles. The number of unbranched alkanes of at least 4 members (excludes halogenated alkanes) is 6. The molecule has 0 aliphatic carbocycles. The number of hydrogen-bond donors (Lipinski definition) is 2. The van der Waals surface area contributed by atoms with Gasteiger partial charge in [-0.05, 0) is 12.3 Å². The zero-order chi connectivity index (χ0) is 13.1. The lowest BCUT2D eigenvalue weighted by molar-refractivity contribution is -0.123. The van der Waals surface area contributed by atoms with Crippen molar-refractivity contribution < 1.29 is 4.79 Å². The maximum absolute atomic E-state index is 11.5. The molecule has 1 amide bonds. The van der Waals surface area contributed by atoms with Gasteiger partial charge in [0.05, 0.1) is 6.04 Å². The lowest BCUT2D eigenvalue weighted by atomic mass is 10.0. The number of nitrogens with one attached hydrogen (secondary N) is 1. The Hall–Kier alpha value is -0.570. The fourth-order valence-electron chi connectivity index (χ4n) is 1.71. The topological polar surface area (TPSA) is 55.1 Å². The van der Waals surface area contributed by atoms with Gasteiger partial charge in [-0.15, -0.1) is 0 Å². The summed E-state index contributed by atoms with van der Waals surface area (Å²) in [4.78, 5) is 11.5. The van der Waals surface area contributed by atoms with Crippen LogP contribution in [0.3, 0.4) is 0 Å². The van der Waals surface area contributed by atoms with Crippen molar-refractivity contribution in [2.45, 2.75) is 71.8 Å². The molecule has 1 atom stereocenters. The number of hydrogen-bond acceptors (Lipinski definition) is 2. The molecule has 0 rings (SSSR count). The highest BCUT2D eigenvalue weighted by atomic mass is 16.2. The van der Waals surface area contributed by atoms with E-state index in [2.05, 4.69) is 12.2 Å². The highest BCUT2D eigenvalue weighted by Gasteiger charge is 2.15. The van der Waals surface area contributed by atoms with Gasteiger partial charge in [0.25, 0.3) is 0 Å². The van der Waals surface area contributed by atoms with E-state index in [1.807, 2.05) is 13.8 Å². The Balaban J connectivity index is 3.31. The van der Waals surface area contributed by atoms with Crippen molar-refractivity contribution in [3.63, 3.8) is 0 Å². The molecule has 3 N–H and O–H groups in total. The molecular formula is C14H30N2O. The molecule has 0 aliphatic rings. The number of amides is 1. The minimum atomic E-state index is -0.362. The molecule has 0 aromatic rings. The molecule has 0 radical (unpaired) electrons. The average molecular weight is 242 g/mol.